The molecule has 26 heavy (non-hydrogen) atoms. The second kappa shape index (κ2) is 6.17. The molecule has 0 saturated carbocycles. The number of imidazole rings is 1. The van der Waals surface area contributed by atoms with Crippen molar-refractivity contribution in [3.63, 3.8) is 0 Å². The smallest absolute Gasteiger partial charge is 0.358 e. The Morgan fingerprint density at radius 3 is 2.65 bits per heavy atom. The van der Waals surface area contributed by atoms with Crippen molar-refractivity contribution in [2.24, 2.45) is 7.05 Å². The van der Waals surface area contributed by atoms with Crippen LogP contribution in [0.4, 0.5) is 11.6 Å². The number of carbonyl (C=O) groups excluding carboxylic acids is 1. The number of aryl methyl sites for hydroxylation is 1. The van der Waals surface area contributed by atoms with E-state index in [2.05, 4.69) is 9.97 Å². The van der Waals surface area contributed by atoms with Gasteiger partial charge in [-0.15, -0.1) is 0 Å². The second-order valence-electron chi connectivity index (χ2n) is 6.31. The van der Waals surface area contributed by atoms with E-state index in [0.717, 1.165) is 10.9 Å². The molecule has 0 aliphatic carbocycles. The number of para-hydroxylation sites is 1. The number of carbonyl (C=O) groups is 1. The minimum absolute atomic E-state index is 0.0552. The van der Waals surface area contributed by atoms with Gasteiger partial charge in [-0.1, -0.05) is 18.2 Å². The predicted octanol–water partition coefficient (Wildman–Crippen LogP) is 1.77. The zero-order valence-electron chi connectivity index (χ0n) is 14.3. The van der Waals surface area contributed by atoms with Gasteiger partial charge in [-0.2, -0.15) is 0 Å². The first-order chi connectivity index (χ1) is 12.5. The SMILES string of the molecule is Cn1cnc([N+](=O)[O-])c1N1CCN(C(=O)c2cc3ccccc3[nH]2)CC1. The van der Waals surface area contributed by atoms with E-state index in [1.165, 1.54) is 6.33 Å². The number of hydrogen-bond donors (Lipinski definition) is 1. The number of anilines is 1. The highest BCUT2D eigenvalue weighted by Gasteiger charge is 2.30. The summed E-state index contributed by atoms with van der Waals surface area (Å²) >= 11 is 0. The average Bonchev–Trinajstić information content (AvgIpc) is 3.24. The van der Waals surface area contributed by atoms with E-state index < -0.39 is 4.92 Å². The van der Waals surface area contributed by atoms with Gasteiger partial charge >= 0.3 is 5.82 Å². The number of nitrogens with zero attached hydrogens (tertiary/aromatic N) is 5. The highest BCUT2D eigenvalue weighted by molar-refractivity contribution is 5.98. The number of nitro groups is 1. The van der Waals surface area contributed by atoms with E-state index in [0.29, 0.717) is 37.7 Å². The van der Waals surface area contributed by atoms with Crippen molar-refractivity contribution in [2.45, 2.75) is 0 Å². The van der Waals surface area contributed by atoms with Crippen molar-refractivity contribution in [1.82, 2.24) is 19.4 Å². The van der Waals surface area contributed by atoms with Gasteiger partial charge in [0.2, 0.25) is 12.1 Å². The van der Waals surface area contributed by atoms with Crippen LogP contribution in [0.1, 0.15) is 10.5 Å². The zero-order chi connectivity index (χ0) is 18.3. The van der Waals surface area contributed by atoms with Gasteiger partial charge < -0.3 is 24.9 Å². The van der Waals surface area contributed by atoms with Gasteiger partial charge in [-0.05, 0) is 22.0 Å². The van der Waals surface area contributed by atoms with Gasteiger partial charge in [0.1, 0.15) is 5.69 Å². The molecular formula is C17H18N6O3. The van der Waals surface area contributed by atoms with Crippen molar-refractivity contribution < 1.29 is 9.72 Å². The van der Waals surface area contributed by atoms with Crippen LogP contribution in [0.15, 0.2) is 36.7 Å². The summed E-state index contributed by atoms with van der Waals surface area (Å²) < 4.78 is 1.65. The lowest BCUT2D eigenvalue weighted by atomic mass is 10.2. The first-order valence-corrected chi connectivity index (χ1v) is 8.32. The van der Waals surface area contributed by atoms with E-state index in [9.17, 15) is 14.9 Å². The highest BCUT2D eigenvalue weighted by Crippen LogP contribution is 2.27. The van der Waals surface area contributed by atoms with Crippen LogP contribution in [0.25, 0.3) is 10.9 Å². The van der Waals surface area contributed by atoms with Crippen molar-refractivity contribution >= 4 is 28.4 Å². The van der Waals surface area contributed by atoms with Gasteiger partial charge in [0, 0.05) is 44.1 Å². The first-order valence-electron chi connectivity index (χ1n) is 8.32. The van der Waals surface area contributed by atoms with Gasteiger partial charge in [-0.3, -0.25) is 9.36 Å². The third kappa shape index (κ3) is 2.67. The van der Waals surface area contributed by atoms with Crippen LogP contribution < -0.4 is 4.90 Å². The number of amides is 1. The molecule has 4 rings (SSSR count). The van der Waals surface area contributed by atoms with Crippen LogP contribution in [0, 0.1) is 10.1 Å². The number of fused-ring (bicyclic) bond motifs is 1. The largest absolute Gasteiger partial charge is 0.406 e. The Morgan fingerprint density at radius 1 is 1.23 bits per heavy atom. The van der Waals surface area contributed by atoms with Gasteiger partial charge in [0.15, 0.2) is 0 Å². The number of piperazine rings is 1. The third-order valence-electron chi connectivity index (χ3n) is 4.69. The lowest BCUT2D eigenvalue weighted by molar-refractivity contribution is -0.388. The van der Waals surface area contributed by atoms with Crippen LogP contribution in [-0.4, -0.2) is 56.4 Å². The normalized spacial score (nSPS) is 14.8. The van der Waals surface area contributed by atoms with Crippen LogP contribution in [0.3, 0.4) is 0 Å². The number of benzene rings is 1. The molecule has 3 heterocycles. The summed E-state index contributed by atoms with van der Waals surface area (Å²) in [6.07, 6.45) is 1.44. The Labute approximate surface area is 149 Å². The van der Waals surface area contributed by atoms with Gasteiger partial charge in [0.05, 0.1) is 0 Å². The van der Waals surface area contributed by atoms with Crippen LogP contribution in [0.2, 0.25) is 0 Å². The number of H-pyrrole nitrogens is 1. The van der Waals surface area contributed by atoms with E-state index >= 15 is 0 Å². The zero-order valence-corrected chi connectivity index (χ0v) is 14.3. The number of aromatic nitrogens is 3. The van der Waals surface area contributed by atoms with Gasteiger partial charge in [0.25, 0.3) is 5.91 Å². The standard InChI is InChI=1S/C17H18N6O3/c1-20-11-18-15(23(25)26)16(20)21-6-8-22(9-7-21)17(24)14-10-12-4-2-3-5-13(12)19-14/h2-5,10-11,19H,6-9H2,1H3. The maximum absolute atomic E-state index is 12.8. The topological polar surface area (TPSA) is 100 Å². The maximum Gasteiger partial charge on any atom is 0.406 e. The summed E-state index contributed by atoms with van der Waals surface area (Å²) in [5, 5.41) is 12.2. The molecule has 1 fully saturated rings. The molecule has 0 spiro atoms. The fourth-order valence-corrected chi connectivity index (χ4v) is 3.39. The highest BCUT2D eigenvalue weighted by atomic mass is 16.6. The van der Waals surface area contributed by atoms with Crippen molar-refractivity contribution in [1.29, 1.82) is 0 Å². The minimum Gasteiger partial charge on any atom is -0.358 e. The summed E-state index contributed by atoms with van der Waals surface area (Å²) in [6.45, 7) is 2.03. The molecule has 0 radical (unpaired) electrons. The lowest BCUT2D eigenvalue weighted by Crippen LogP contribution is -2.49. The van der Waals surface area contributed by atoms with Gasteiger partial charge in [-0.25, -0.2) is 0 Å². The molecule has 0 unspecified atom stereocenters. The molecule has 1 N–H and O–H groups in total. The summed E-state index contributed by atoms with van der Waals surface area (Å²) in [7, 11) is 1.73. The molecule has 0 bridgehead atoms. The molecule has 9 nitrogen and oxygen atoms in total. The monoisotopic (exact) mass is 354 g/mol. The molecule has 2 aromatic heterocycles. The number of rotatable bonds is 3. The first kappa shape index (κ1) is 16.1. The quantitative estimate of drug-likeness (QED) is 0.571. The molecular weight excluding hydrogens is 336 g/mol. The molecule has 3 aromatic rings. The van der Waals surface area contributed by atoms with Crippen molar-refractivity contribution in [3.05, 3.63) is 52.5 Å². The molecule has 134 valence electrons. The summed E-state index contributed by atoms with van der Waals surface area (Å²) in [5.74, 6) is 0.274. The Bertz CT molecular complexity index is 950. The number of hydrogen-bond acceptors (Lipinski definition) is 5. The lowest BCUT2D eigenvalue weighted by Gasteiger charge is -2.35. The molecule has 0 atom stereocenters. The second-order valence-corrected chi connectivity index (χ2v) is 6.31. The van der Waals surface area contributed by atoms with Crippen molar-refractivity contribution in [3.8, 4) is 0 Å². The molecule has 1 aliphatic rings. The Morgan fingerprint density at radius 2 is 1.96 bits per heavy atom. The minimum atomic E-state index is -0.475. The van der Waals surface area contributed by atoms with Crippen LogP contribution >= 0.6 is 0 Å². The molecule has 1 saturated heterocycles. The Hall–Kier alpha value is -3.36. The van der Waals surface area contributed by atoms with E-state index in [1.807, 2.05) is 35.2 Å². The average molecular weight is 354 g/mol. The summed E-state index contributed by atoms with van der Waals surface area (Å²) in [4.78, 5) is 34.1. The Kier molecular flexibility index (Phi) is 3.83. The predicted molar refractivity (Wildman–Crippen MR) is 96.3 cm³/mol. The third-order valence-corrected chi connectivity index (χ3v) is 4.69. The number of aromatic amines is 1. The molecule has 1 aliphatic heterocycles. The molecule has 1 amide bonds. The maximum atomic E-state index is 12.8. The molecule has 9 heteroatoms. The fourth-order valence-electron chi connectivity index (χ4n) is 3.39. The molecule has 1 aromatic carbocycles. The van der Waals surface area contributed by atoms with Crippen molar-refractivity contribution in [2.75, 3.05) is 31.1 Å². The van der Waals surface area contributed by atoms with Crippen LogP contribution in [0.5, 0.6) is 0 Å². The van der Waals surface area contributed by atoms with E-state index in [4.69, 9.17) is 0 Å². The Balaban J connectivity index is 1.49. The van der Waals surface area contributed by atoms with E-state index in [1.54, 1.807) is 16.5 Å². The number of nitrogens with one attached hydrogen (secondary N) is 1. The van der Waals surface area contributed by atoms with E-state index in [-0.39, 0.29) is 11.7 Å². The van der Waals surface area contributed by atoms with Crippen LogP contribution in [-0.2, 0) is 7.05 Å². The summed E-state index contributed by atoms with van der Waals surface area (Å²) in [6, 6.07) is 9.61. The summed E-state index contributed by atoms with van der Waals surface area (Å²) in [5.41, 5.74) is 1.49. The fraction of sp³-hybridized carbons (Fsp3) is 0.294.